The van der Waals surface area contributed by atoms with Crippen molar-refractivity contribution in [3.63, 3.8) is 0 Å². The van der Waals surface area contributed by atoms with E-state index in [0.717, 1.165) is 42.7 Å². The Kier molecular flexibility index (Phi) is 4.45. The third-order valence-corrected chi connectivity index (χ3v) is 7.29. The van der Waals surface area contributed by atoms with Gasteiger partial charge in [-0.25, -0.2) is 12.8 Å². The lowest BCUT2D eigenvalue weighted by Crippen LogP contribution is -2.11. The minimum atomic E-state index is -3.86. The molecule has 136 valence electrons. The normalized spacial score (nSPS) is 15.0. The maximum absolute atomic E-state index is 13.1. The highest BCUT2D eigenvalue weighted by Gasteiger charge is 2.26. The molecule has 26 heavy (non-hydrogen) atoms. The zero-order valence-corrected chi connectivity index (χ0v) is 15.7. The van der Waals surface area contributed by atoms with Gasteiger partial charge in [-0.3, -0.25) is 4.72 Å². The summed E-state index contributed by atoms with van der Waals surface area (Å²) in [7, 11) is -3.86. The molecule has 2 aromatic heterocycles. The van der Waals surface area contributed by atoms with E-state index in [4.69, 9.17) is 16.1 Å². The molecule has 1 aliphatic carbocycles. The summed E-state index contributed by atoms with van der Waals surface area (Å²) >= 11 is 6.91. The van der Waals surface area contributed by atoms with Crippen LogP contribution in [0.3, 0.4) is 0 Å². The molecular formula is C16H13ClFN3O3S2. The lowest BCUT2D eigenvalue weighted by molar-refractivity contribution is 0.292. The highest BCUT2D eigenvalue weighted by molar-refractivity contribution is 7.94. The van der Waals surface area contributed by atoms with Crippen LogP contribution in [0.1, 0.15) is 31.1 Å². The van der Waals surface area contributed by atoms with E-state index >= 15 is 0 Å². The first-order chi connectivity index (χ1) is 12.4. The molecule has 0 atom stereocenters. The number of rotatable bonds is 5. The summed E-state index contributed by atoms with van der Waals surface area (Å²) in [6, 6.07) is 4.92. The van der Waals surface area contributed by atoms with E-state index < -0.39 is 15.8 Å². The van der Waals surface area contributed by atoms with Crippen molar-refractivity contribution < 1.29 is 17.3 Å². The lowest BCUT2D eigenvalue weighted by Gasteiger charge is -2.20. The second-order valence-corrected chi connectivity index (χ2v) is 9.20. The second-order valence-electron chi connectivity index (χ2n) is 5.97. The number of hydrogen-bond acceptors (Lipinski definition) is 6. The quantitative estimate of drug-likeness (QED) is 0.657. The number of anilines is 1. The summed E-state index contributed by atoms with van der Waals surface area (Å²) in [6.45, 7) is 0. The minimum absolute atomic E-state index is 0.0198. The molecule has 10 heteroatoms. The van der Waals surface area contributed by atoms with Gasteiger partial charge in [-0.2, -0.15) is 4.98 Å². The Morgan fingerprint density at radius 3 is 2.81 bits per heavy atom. The Balaban J connectivity index is 1.57. The van der Waals surface area contributed by atoms with E-state index in [1.807, 2.05) is 0 Å². The maximum atomic E-state index is 13.1. The first-order valence-corrected chi connectivity index (χ1v) is 10.6. The van der Waals surface area contributed by atoms with Crippen LogP contribution in [0.25, 0.3) is 11.4 Å². The van der Waals surface area contributed by atoms with E-state index in [0.29, 0.717) is 23.2 Å². The molecule has 4 rings (SSSR count). The first-order valence-electron chi connectivity index (χ1n) is 7.83. The van der Waals surface area contributed by atoms with Crippen LogP contribution in [0.15, 0.2) is 38.4 Å². The molecule has 1 fully saturated rings. The molecule has 6 nitrogen and oxygen atoms in total. The Bertz CT molecular complexity index is 1060. The van der Waals surface area contributed by atoms with Gasteiger partial charge in [0.25, 0.3) is 10.0 Å². The molecule has 1 aliphatic rings. The standard InChI is InChI=1S/C16H13ClFN3O3S2/c17-12-7-11(18)4-5-13(12)21-26(22,23)14-6-10(8-25-14)15-19-16(24-20-15)9-2-1-3-9/h4-9,21H,1-3H2. The largest absolute Gasteiger partial charge is 0.339 e. The van der Waals surface area contributed by atoms with E-state index in [9.17, 15) is 12.8 Å². The summed E-state index contributed by atoms with van der Waals surface area (Å²) in [6.07, 6.45) is 3.22. The smallest absolute Gasteiger partial charge is 0.271 e. The van der Waals surface area contributed by atoms with Crippen molar-refractivity contribution in [3.8, 4) is 11.4 Å². The fourth-order valence-electron chi connectivity index (χ4n) is 2.52. The third-order valence-electron chi connectivity index (χ3n) is 4.17. The fourth-order valence-corrected chi connectivity index (χ4v) is 5.02. The first kappa shape index (κ1) is 17.4. The Hall–Kier alpha value is -1.97. The van der Waals surface area contributed by atoms with Gasteiger partial charge in [0.1, 0.15) is 10.0 Å². The Morgan fingerprint density at radius 1 is 1.31 bits per heavy atom. The van der Waals surface area contributed by atoms with Crippen LogP contribution in [0.5, 0.6) is 0 Å². The number of nitrogens with zero attached hydrogens (tertiary/aromatic N) is 2. The van der Waals surface area contributed by atoms with Crippen LogP contribution in [0, 0.1) is 5.82 Å². The molecule has 2 heterocycles. The van der Waals surface area contributed by atoms with E-state index in [2.05, 4.69) is 14.9 Å². The van der Waals surface area contributed by atoms with Crippen molar-refractivity contribution in [3.05, 3.63) is 46.4 Å². The molecule has 0 amide bonds. The molecule has 1 N–H and O–H groups in total. The number of thiophene rings is 1. The molecule has 1 aromatic carbocycles. The van der Waals surface area contributed by atoms with Crippen LogP contribution in [-0.2, 0) is 10.0 Å². The number of sulfonamides is 1. The summed E-state index contributed by atoms with van der Waals surface area (Å²) in [4.78, 5) is 4.36. The van der Waals surface area contributed by atoms with Crippen LogP contribution < -0.4 is 4.72 Å². The SMILES string of the molecule is O=S(=O)(Nc1ccc(F)cc1Cl)c1cc(-c2noc(C3CCC3)n2)cs1. The summed E-state index contributed by atoms with van der Waals surface area (Å²) < 4.78 is 45.9. The fraction of sp³-hybridized carbons (Fsp3) is 0.250. The van der Waals surface area contributed by atoms with Gasteiger partial charge in [-0.15, -0.1) is 11.3 Å². The van der Waals surface area contributed by atoms with Gasteiger partial charge < -0.3 is 4.52 Å². The molecule has 0 saturated heterocycles. The topological polar surface area (TPSA) is 85.1 Å². The second kappa shape index (κ2) is 6.64. The molecular weight excluding hydrogens is 401 g/mol. The summed E-state index contributed by atoms with van der Waals surface area (Å²) in [5, 5.41) is 5.56. The van der Waals surface area contributed by atoms with Crippen molar-refractivity contribution in [2.75, 3.05) is 4.72 Å². The number of benzene rings is 1. The highest BCUT2D eigenvalue weighted by atomic mass is 35.5. The zero-order chi connectivity index (χ0) is 18.3. The average molecular weight is 414 g/mol. The van der Waals surface area contributed by atoms with E-state index in [-0.39, 0.29) is 14.9 Å². The van der Waals surface area contributed by atoms with Gasteiger partial charge in [0.15, 0.2) is 0 Å². The van der Waals surface area contributed by atoms with Gasteiger partial charge >= 0.3 is 0 Å². The van der Waals surface area contributed by atoms with Gasteiger partial charge in [0.2, 0.25) is 11.7 Å². The number of halogens is 2. The summed E-state index contributed by atoms with van der Waals surface area (Å²) in [5.41, 5.74) is 0.671. The van der Waals surface area contributed by atoms with E-state index in [1.54, 1.807) is 5.38 Å². The van der Waals surface area contributed by atoms with Crippen LogP contribution in [0.4, 0.5) is 10.1 Å². The number of nitrogens with one attached hydrogen (secondary N) is 1. The predicted octanol–water partition coefficient (Wildman–Crippen LogP) is 4.66. The van der Waals surface area contributed by atoms with Crippen LogP contribution in [0.2, 0.25) is 5.02 Å². The monoisotopic (exact) mass is 413 g/mol. The van der Waals surface area contributed by atoms with Crippen LogP contribution in [-0.4, -0.2) is 18.6 Å². The molecule has 0 radical (unpaired) electrons. The molecule has 1 saturated carbocycles. The zero-order valence-electron chi connectivity index (χ0n) is 13.3. The van der Waals surface area contributed by atoms with Crippen molar-refractivity contribution in [1.29, 1.82) is 0 Å². The Morgan fingerprint density at radius 2 is 2.12 bits per heavy atom. The molecule has 0 spiro atoms. The lowest BCUT2D eigenvalue weighted by atomic mass is 9.85. The van der Waals surface area contributed by atoms with Crippen molar-refractivity contribution >= 4 is 38.6 Å². The van der Waals surface area contributed by atoms with Crippen LogP contribution >= 0.6 is 22.9 Å². The molecule has 0 aliphatic heterocycles. The Labute approximate surface area is 158 Å². The maximum Gasteiger partial charge on any atom is 0.271 e. The summed E-state index contributed by atoms with van der Waals surface area (Å²) in [5.74, 6) is 0.721. The molecule has 0 unspecified atom stereocenters. The number of aromatic nitrogens is 2. The predicted molar refractivity (Wildman–Crippen MR) is 96.4 cm³/mol. The number of hydrogen-bond donors (Lipinski definition) is 1. The van der Waals surface area contributed by atoms with Gasteiger partial charge in [-0.1, -0.05) is 23.2 Å². The molecule has 3 aromatic rings. The average Bonchev–Trinajstić information content (AvgIpc) is 3.17. The van der Waals surface area contributed by atoms with Crippen molar-refractivity contribution in [2.24, 2.45) is 0 Å². The highest BCUT2D eigenvalue weighted by Crippen LogP contribution is 2.37. The van der Waals surface area contributed by atoms with Gasteiger partial charge in [-0.05, 0) is 37.1 Å². The van der Waals surface area contributed by atoms with Gasteiger partial charge in [0, 0.05) is 16.9 Å². The van der Waals surface area contributed by atoms with E-state index in [1.165, 1.54) is 12.1 Å². The van der Waals surface area contributed by atoms with Crippen molar-refractivity contribution in [2.45, 2.75) is 29.4 Å². The third kappa shape index (κ3) is 3.34. The molecule has 0 bridgehead atoms. The van der Waals surface area contributed by atoms with Gasteiger partial charge in [0.05, 0.1) is 10.7 Å². The minimum Gasteiger partial charge on any atom is -0.339 e. The van der Waals surface area contributed by atoms with Crippen molar-refractivity contribution in [1.82, 2.24) is 10.1 Å².